The molecule has 0 atom stereocenters. The fourth-order valence-corrected chi connectivity index (χ4v) is 2.28. The molecular formula is C13H16N2. The van der Waals surface area contributed by atoms with Crippen molar-refractivity contribution in [3.05, 3.63) is 35.5 Å². The normalized spacial score (nSPS) is 16.9. The number of nitrogens with one attached hydrogen (secondary N) is 1. The third-order valence-corrected chi connectivity index (χ3v) is 3.56. The highest BCUT2D eigenvalue weighted by Gasteiger charge is 2.19. The van der Waals surface area contributed by atoms with E-state index in [1.807, 2.05) is 0 Å². The van der Waals surface area contributed by atoms with Crippen LogP contribution in [-0.4, -0.2) is 17.7 Å². The fourth-order valence-electron chi connectivity index (χ4n) is 2.28. The Morgan fingerprint density at radius 1 is 1.27 bits per heavy atom. The Morgan fingerprint density at radius 3 is 2.73 bits per heavy atom. The van der Waals surface area contributed by atoms with Gasteiger partial charge in [-0.05, 0) is 30.7 Å². The Hall–Kier alpha value is -1.28. The molecule has 2 aromatic rings. The Morgan fingerprint density at radius 2 is 2.07 bits per heavy atom. The van der Waals surface area contributed by atoms with Crippen LogP contribution in [0.3, 0.4) is 0 Å². The van der Waals surface area contributed by atoms with Crippen LogP contribution in [0.15, 0.2) is 24.3 Å². The van der Waals surface area contributed by atoms with E-state index >= 15 is 0 Å². The molecule has 0 radical (unpaired) electrons. The molecule has 0 amide bonds. The second-order valence-corrected chi connectivity index (χ2v) is 4.52. The highest BCUT2D eigenvalue weighted by molar-refractivity contribution is 5.82. The molecule has 1 aromatic heterocycles. The van der Waals surface area contributed by atoms with Gasteiger partial charge in [0, 0.05) is 42.7 Å². The van der Waals surface area contributed by atoms with E-state index in [1.54, 1.807) is 0 Å². The molecule has 2 heterocycles. The van der Waals surface area contributed by atoms with Crippen molar-refractivity contribution in [2.45, 2.75) is 12.8 Å². The van der Waals surface area contributed by atoms with Crippen LogP contribution < -0.4 is 5.32 Å². The number of nitrogens with zero attached hydrogens (tertiary/aromatic N) is 1. The summed E-state index contributed by atoms with van der Waals surface area (Å²) in [6.07, 6.45) is 0. The zero-order valence-corrected chi connectivity index (χ0v) is 9.25. The molecule has 3 rings (SSSR count). The molecule has 0 saturated carbocycles. The first kappa shape index (κ1) is 8.98. The van der Waals surface area contributed by atoms with E-state index in [0.29, 0.717) is 0 Å². The number of rotatable bonds is 1. The van der Waals surface area contributed by atoms with E-state index in [4.69, 9.17) is 0 Å². The lowest BCUT2D eigenvalue weighted by atomic mass is 9.93. The van der Waals surface area contributed by atoms with Gasteiger partial charge in [-0.15, -0.1) is 0 Å². The van der Waals surface area contributed by atoms with E-state index < -0.39 is 0 Å². The smallest absolute Gasteiger partial charge is 0.0479 e. The topological polar surface area (TPSA) is 17.0 Å². The van der Waals surface area contributed by atoms with Crippen molar-refractivity contribution >= 4 is 10.9 Å². The van der Waals surface area contributed by atoms with Crippen LogP contribution in [0.5, 0.6) is 0 Å². The molecule has 0 unspecified atom stereocenters. The summed E-state index contributed by atoms with van der Waals surface area (Å²) in [5, 5.41) is 4.69. The summed E-state index contributed by atoms with van der Waals surface area (Å²) in [7, 11) is 2.13. The zero-order chi connectivity index (χ0) is 10.4. The van der Waals surface area contributed by atoms with Crippen LogP contribution in [0.1, 0.15) is 17.2 Å². The number of benzene rings is 1. The van der Waals surface area contributed by atoms with Gasteiger partial charge in [0.25, 0.3) is 0 Å². The minimum Gasteiger partial charge on any atom is -0.348 e. The predicted octanol–water partition coefficient (Wildman–Crippen LogP) is 2.17. The SMILES string of the molecule is Cc1cc2cc(C3CNC3)ccc2n1C. The fraction of sp³-hybridized carbons (Fsp3) is 0.385. The summed E-state index contributed by atoms with van der Waals surface area (Å²) in [6.45, 7) is 4.43. The van der Waals surface area contributed by atoms with E-state index in [-0.39, 0.29) is 0 Å². The molecule has 1 saturated heterocycles. The third-order valence-electron chi connectivity index (χ3n) is 3.56. The van der Waals surface area contributed by atoms with E-state index in [2.05, 4.69) is 48.1 Å². The molecule has 1 aliphatic rings. The van der Waals surface area contributed by atoms with Crippen molar-refractivity contribution in [3.8, 4) is 0 Å². The molecule has 0 aliphatic carbocycles. The lowest BCUT2D eigenvalue weighted by Gasteiger charge is -2.27. The number of aryl methyl sites for hydroxylation is 2. The monoisotopic (exact) mass is 200 g/mol. The average Bonchev–Trinajstić information content (AvgIpc) is 2.40. The predicted molar refractivity (Wildman–Crippen MR) is 63.3 cm³/mol. The second-order valence-electron chi connectivity index (χ2n) is 4.52. The van der Waals surface area contributed by atoms with Crippen molar-refractivity contribution in [3.63, 3.8) is 0 Å². The van der Waals surface area contributed by atoms with Crippen molar-refractivity contribution in [2.75, 3.05) is 13.1 Å². The van der Waals surface area contributed by atoms with Crippen LogP contribution >= 0.6 is 0 Å². The maximum Gasteiger partial charge on any atom is 0.0479 e. The van der Waals surface area contributed by atoms with Gasteiger partial charge in [0.1, 0.15) is 0 Å². The maximum absolute atomic E-state index is 3.32. The Bertz CT molecular complexity index is 506. The van der Waals surface area contributed by atoms with Crippen LogP contribution in [0.25, 0.3) is 10.9 Å². The van der Waals surface area contributed by atoms with E-state index in [9.17, 15) is 0 Å². The van der Waals surface area contributed by atoms with Crippen LogP contribution in [0, 0.1) is 6.92 Å². The highest BCUT2D eigenvalue weighted by Crippen LogP contribution is 2.25. The highest BCUT2D eigenvalue weighted by atomic mass is 15.0. The Balaban J connectivity index is 2.13. The summed E-state index contributed by atoms with van der Waals surface area (Å²) in [6, 6.07) is 9.13. The number of hydrogen-bond donors (Lipinski definition) is 1. The molecule has 0 spiro atoms. The minimum absolute atomic E-state index is 0.731. The van der Waals surface area contributed by atoms with Gasteiger partial charge in [0.15, 0.2) is 0 Å². The van der Waals surface area contributed by atoms with Gasteiger partial charge in [0.2, 0.25) is 0 Å². The summed E-state index contributed by atoms with van der Waals surface area (Å²) in [5.74, 6) is 0.731. The first-order valence-electron chi connectivity index (χ1n) is 5.52. The number of aromatic nitrogens is 1. The van der Waals surface area contributed by atoms with Crippen LogP contribution in [0.4, 0.5) is 0 Å². The molecule has 2 nitrogen and oxygen atoms in total. The quantitative estimate of drug-likeness (QED) is 0.746. The number of fused-ring (bicyclic) bond motifs is 1. The van der Waals surface area contributed by atoms with Gasteiger partial charge in [-0.25, -0.2) is 0 Å². The van der Waals surface area contributed by atoms with Gasteiger partial charge < -0.3 is 9.88 Å². The second kappa shape index (κ2) is 3.11. The molecule has 0 bridgehead atoms. The molecule has 15 heavy (non-hydrogen) atoms. The molecule has 2 heteroatoms. The van der Waals surface area contributed by atoms with Gasteiger partial charge in [-0.3, -0.25) is 0 Å². The van der Waals surface area contributed by atoms with Gasteiger partial charge in [-0.1, -0.05) is 6.07 Å². The summed E-state index contributed by atoms with van der Waals surface area (Å²) in [4.78, 5) is 0. The first-order chi connectivity index (χ1) is 7.25. The largest absolute Gasteiger partial charge is 0.348 e. The van der Waals surface area contributed by atoms with Gasteiger partial charge in [0.05, 0.1) is 0 Å². The van der Waals surface area contributed by atoms with Crippen molar-refractivity contribution < 1.29 is 0 Å². The zero-order valence-electron chi connectivity index (χ0n) is 9.25. The van der Waals surface area contributed by atoms with Crippen molar-refractivity contribution in [1.29, 1.82) is 0 Å². The van der Waals surface area contributed by atoms with Crippen molar-refractivity contribution in [1.82, 2.24) is 9.88 Å². The van der Waals surface area contributed by atoms with E-state index in [1.165, 1.54) is 22.2 Å². The molecule has 1 fully saturated rings. The van der Waals surface area contributed by atoms with Gasteiger partial charge >= 0.3 is 0 Å². The molecular weight excluding hydrogens is 184 g/mol. The summed E-state index contributed by atoms with van der Waals surface area (Å²) in [5.41, 5.74) is 4.14. The lowest BCUT2D eigenvalue weighted by molar-refractivity contribution is 0.449. The van der Waals surface area contributed by atoms with Gasteiger partial charge in [-0.2, -0.15) is 0 Å². The maximum atomic E-state index is 3.32. The van der Waals surface area contributed by atoms with Crippen LogP contribution in [-0.2, 0) is 7.05 Å². The summed E-state index contributed by atoms with van der Waals surface area (Å²) < 4.78 is 2.25. The van der Waals surface area contributed by atoms with E-state index in [0.717, 1.165) is 19.0 Å². The molecule has 1 N–H and O–H groups in total. The summed E-state index contributed by atoms with van der Waals surface area (Å²) >= 11 is 0. The molecule has 1 aromatic carbocycles. The Labute approximate surface area is 89.9 Å². The van der Waals surface area contributed by atoms with Crippen molar-refractivity contribution in [2.24, 2.45) is 7.05 Å². The van der Waals surface area contributed by atoms with Crippen LogP contribution in [0.2, 0.25) is 0 Å². The Kier molecular flexibility index (Phi) is 1.86. The first-order valence-corrected chi connectivity index (χ1v) is 5.52. The molecule has 78 valence electrons. The number of hydrogen-bond acceptors (Lipinski definition) is 1. The third kappa shape index (κ3) is 1.29. The minimum atomic E-state index is 0.731. The lowest BCUT2D eigenvalue weighted by Crippen LogP contribution is -2.39. The average molecular weight is 200 g/mol. The standard InChI is InChI=1S/C13H16N2/c1-9-5-11-6-10(12-7-14-8-12)3-4-13(11)15(9)2/h3-6,12,14H,7-8H2,1-2H3. The molecule has 1 aliphatic heterocycles.